The number of aromatic nitrogens is 3. The van der Waals surface area contributed by atoms with Crippen LogP contribution in [0.5, 0.6) is 0 Å². The number of nitrogens with zero attached hydrogens (tertiary/aromatic N) is 3. The van der Waals surface area contributed by atoms with Crippen molar-refractivity contribution in [2.45, 2.75) is 39.2 Å². The lowest BCUT2D eigenvalue weighted by molar-refractivity contribution is -0.141. The van der Waals surface area contributed by atoms with Crippen LogP contribution in [0.4, 0.5) is 17.6 Å². The highest BCUT2D eigenvalue weighted by Crippen LogP contribution is 2.40. The predicted molar refractivity (Wildman–Crippen MR) is 133 cm³/mol. The SMILES string of the molecule is CCOC(=O)c1c(C(F)(F)F)nc2c(c1-c1ccc(C(=O)NCc3cccc(F)c3)cc1)c(=O)n1n2CCC1. The fourth-order valence-corrected chi connectivity index (χ4v) is 4.75. The number of aryl methyl sites for hydroxylation is 1. The summed E-state index contributed by atoms with van der Waals surface area (Å²) in [5.74, 6) is -2.21. The second-order valence-electron chi connectivity index (χ2n) is 8.92. The van der Waals surface area contributed by atoms with Gasteiger partial charge in [-0.05, 0) is 48.7 Å². The van der Waals surface area contributed by atoms with Crippen LogP contribution in [0.25, 0.3) is 22.2 Å². The smallest absolute Gasteiger partial charge is 0.434 e. The Morgan fingerprint density at radius 3 is 2.46 bits per heavy atom. The molecule has 8 nitrogen and oxygen atoms in total. The lowest BCUT2D eigenvalue weighted by Crippen LogP contribution is -2.23. The van der Waals surface area contributed by atoms with E-state index in [1.807, 2.05) is 0 Å². The van der Waals surface area contributed by atoms with E-state index in [1.165, 1.54) is 58.8 Å². The molecule has 0 fully saturated rings. The first-order valence-corrected chi connectivity index (χ1v) is 12.1. The summed E-state index contributed by atoms with van der Waals surface area (Å²) in [5.41, 5.74) is -2.48. The molecular formula is C27H22F4N4O4. The van der Waals surface area contributed by atoms with E-state index in [1.54, 1.807) is 6.07 Å². The molecule has 3 heterocycles. The Kier molecular flexibility index (Phi) is 6.71. The molecule has 5 rings (SSSR count). The number of nitrogens with one attached hydrogen (secondary N) is 1. The summed E-state index contributed by atoms with van der Waals surface area (Å²) in [6.07, 6.45) is -4.46. The second kappa shape index (κ2) is 10.0. The van der Waals surface area contributed by atoms with Crippen molar-refractivity contribution in [1.82, 2.24) is 19.7 Å². The summed E-state index contributed by atoms with van der Waals surface area (Å²) < 4.78 is 63.7. The average Bonchev–Trinajstić information content (AvgIpc) is 3.49. The molecule has 1 N–H and O–H groups in total. The van der Waals surface area contributed by atoms with Gasteiger partial charge in [0.2, 0.25) is 0 Å². The number of ether oxygens (including phenoxy) is 1. The van der Waals surface area contributed by atoms with Crippen LogP contribution in [0.3, 0.4) is 0 Å². The van der Waals surface area contributed by atoms with Crippen LogP contribution in [0.1, 0.15) is 45.3 Å². The zero-order valence-corrected chi connectivity index (χ0v) is 20.6. The lowest BCUT2D eigenvalue weighted by atomic mass is 9.94. The van der Waals surface area contributed by atoms with Crippen molar-refractivity contribution in [2.75, 3.05) is 6.61 Å². The molecular weight excluding hydrogens is 520 g/mol. The summed E-state index contributed by atoms with van der Waals surface area (Å²) in [6, 6.07) is 11.2. The summed E-state index contributed by atoms with van der Waals surface area (Å²) in [4.78, 5) is 42.6. The molecule has 12 heteroatoms. The maximum Gasteiger partial charge on any atom is 0.434 e. The van der Waals surface area contributed by atoms with E-state index in [2.05, 4.69) is 10.3 Å². The molecule has 4 aromatic rings. The molecule has 0 saturated carbocycles. The van der Waals surface area contributed by atoms with Crippen LogP contribution in [-0.4, -0.2) is 32.8 Å². The normalized spacial score (nSPS) is 12.9. The van der Waals surface area contributed by atoms with Gasteiger partial charge >= 0.3 is 12.1 Å². The van der Waals surface area contributed by atoms with Crippen molar-refractivity contribution < 1.29 is 31.9 Å². The Morgan fingerprint density at radius 1 is 1.08 bits per heavy atom. The molecule has 0 atom stereocenters. The molecule has 39 heavy (non-hydrogen) atoms. The van der Waals surface area contributed by atoms with Crippen molar-refractivity contribution in [3.05, 3.63) is 87.1 Å². The molecule has 0 unspecified atom stereocenters. The summed E-state index contributed by atoms with van der Waals surface area (Å²) in [5, 5.41) is 2.52. The fraction of sp³-hybridized carbons (Fsp3) is 0.259. The monoisotopic (exact) mass is 542 g/mol. The Hall–Kier alpha value is -4.48. The highest BCUT2D eigenvalue weighted by molar-refractivity contribution is 6.07. The predicted octanol–water partition coefficient (Wildman–Crippen LogP) is 4.53. The van der Waals surface area contributed by atoms with Crippen LogP contribution in [0.15, 0.2) is 53.3 Å². The number of hydrogen-bond donors (Lipinski definition) is 1. The number of halogens is 4. The number of hydrogen-bond acceptors (Lipinski definition) is 5. The number of esters is 1. The number of carbonyl (C=O) groups is 2. The quantitative estimate of drug-likeness (QED) is 0.285. The number of alkyl halides is 3. The van der Waals surface area contributed by atoms with Crippen LogP contribution < -0.4 is 10.9 Å². The molecule has 1 amide bonds. The Labute approximate surface area is 218 Å². The van der Waals surface area contributed by atoms with E-state index in [0.717, 1.165) is 0 Å². The fourth-order valence-electron chi connectivity index (χ4n) is 4.75. The van der Waals surface area contributed by atoms with Gasteiger partial charge in [-0.2, -0.15) is 13.2 Å². The minimum atomic E-state index is -5.02. The number of pyridine rings is 1. The largest absolute Gasteiger partial charge is 0.462 e. The Morgan fingerprint density at radius 2 is 1.79 bits per heavy atom. The molecule has 202 valence electrons. The first-order valence-electron chi connectivity index (χ1n) is 12.1. The van der Waals surface area contributed by atoms with E-state index >= 15 is 0 Å². The van der Waals surface area contributed by atoms with Gasteiger partial charge in [0.15, 0.2) is 11.3 Å². The number of benzene rings is 2. The van der Waals surface area contributed by atoms with Gasteiger partial charge in [0.25, 0.3) is 11.5 Å². The summed E-state index contributed by atoms with van der Waals surface area (Å²) in [6.45, 7) is 1.91. The first kappa shape index (κ1) is 26.1. The second-order valence-corrected chi connectivity index (χ2v) is 8.92. The third-order valence-corrected chi connectivity index (χ3v) is 6.43. The molecule has 0 bridgehead atoms. The maximum absolute atomic E-state index is 14.2. The van der Waals surface area contributed by atoms with Crippen molar-refractivity contribution >= 4 is 22.9 Å². The van der Waals surface area contributed by atoms with E-state index < -0.39 is 40.7 Å². The van der Waals surface area contributed by atoms with E-state index in [4.69, 9.17) is 4.74 Å². The molecule has 1 aliphatic rings. The van der Waals surface area contributed by atoms with Gasteiger partial charge in [-0.25, -0.2) is 18.9 Å². The third kappa shape index (κ3) is 4.77. The Balaban J connectivity index is 1.62. The molecule has 0 aliphatic carbocycles. The molecule has 1 aliphatic heterocycles. The van der Waals surface area contributed by atoms with Gasteiger partial charge in [-0.1, -0.05) is 24.3 Å². The highest BCUT2D eigenvalue weighted by atomic mass is 19.4. The van der Waals surface area contributed by atoms with E-state index in [0.29, 0.717) is 25.1 Å². The van der Waals surface area contributed by atoms with Crippen LogP contribution in [0, 0.1) is 5.82 Å². The third-order valence-electron chi connectivity index (χ3n) is 6.43. The molecule has 2 aromatic heterocycles. The highest BCUT2D eigenvalue weighted by Gasteiger charge is 2.42. The van der Waals surface area contributed by atoms with Crippen molar-refractivity contribution in [3.8, 4) is 11.1 Å². The zero-order chi connectivity index (χ0) is 27.9. The number of amides is 1. The van der Waals surface area contributed by atoms with Gasteiger partial charge < -0.3 is 10.1 Å². The summed E-state index contributed by atoms with van der Waals surface area (Å²) >= 11 is 0. The minimum absolute atomic E-state index is 0.0539. The van der Waals surface area contributed by atoms with Gasteiger partial charge in [0, 0.05) is 30.8 Å². The summed E-state index contributed by atoms with van der Waals surface area (Å²) in [7, 11) is 0. The van der Waals surface area contributed by atoms with Gasteiger partial charge in [0.1, 0.15) is 5.82 Å². The van der Waals surface area contributed by atoms with Gasteiger partial charge in [-0.3, -0.25) is 14.3 Å². The Bertz CT molecular complexity index is 1660. The van der Waals surface area contributed by atoms with Crippen LogP contribution >= 0.6 is 0 Å². The van der Waals surface area contributed by atoms with E-state index in [9.17, 15) is 31.9 Å². The topological polar surface area (TPSA) is 95.2 Å². The van der Waals surface area contributed by atoms with Crippen LogP contribution in [0.2, 0.25) is 0 Å². The molecule has 0 spiro atoms. The first-order chi connectivity index (χ1) is 18.6. The van der Waals surface area contributed by atoms with Gasteiger partial charge in [-0.15, -0.1) is 0 Å². The molecule has 0 radical (unpaired) electrons. The van der Waals surface area contributed by atoms with Crippen molar-refractivity contribution in [3.63, 3.8) is 0 Å². The number of rotatable bonds is 6. The minimum Gasteiger partial charge on any atom is -0.462 e. The number of carbonyl (C=O) groups excluding carboxylic acids is 2. The molecule has 0 saturated heterocycles. The van der Waals surface area contributed by atoms with Crippen molar-refractivity contribution in [1.29, 1.82) is 0 Å². The maximum atomic E-state index is 14.2. The molecule has 2 aromatic carbocycles. The van der Waals surface area contributed by atoms with Crippen molar-refractivity contribution in [2.24, 2.45) is 0 Å². The van der Waals surface area contributed by atoms with E-state index in [-0.39, 0.29) is 40.9 Å². The van der Waals surface area contributed by atoms with Gasteiger partial charge in [0.05, 0.1) is 17.6 Å². The standard InChI is InChI=1S/C27H22F4N4O4/c1-2-39-26(38)20-19(21-23(33-22(20)27(29,30)31)34-11-4-12-35(34)25(21)37)16-7-9-17(10-8-16)24(36)32-14-15-5-3-6-18(28)13-15/h3,5-10,13H,2,4,11-12,14H2,1H3,(H,32,36). The lowest BCUT2D eigenvalue weighted by Gasteiger charge is -2.17. The van der Waals surface area contributed by atoms with Crippen LogP contribution in [-0.2, 0) is 30.5 Å². The number of fused-ring (bicyclic) bond motifs is 3. The zero-order valence-electron chi connectivity index (χ0n) is 20.6. The average molecular weight is 542 g/mol.